The van der Waals surface area contributed by atoms with E-state index in [9.17, 15) is 4.79 Å². The highest BCUT2D eigenvalue weighted by Gasteiger charge is 2.32. The van der Waals surface area contributed by atoms with Crippen molar-refractivity contribution < 1.29 is 4.79 Å². The van der Waals surface area contributed by atoms with Crippen molar-refractivity contribution in [2.75, 3.05) is 13.1 Å². The number of nitrogens with zero attached hydrogens (tertiary/aromatic N) is 1. The Bertz CT molecular complexity index is 388. The van der Waals surface area contributed by atoms with Gasteiger partial charge in [0.05, 0.1) is 0 Å². The Balaban J connectivity index is 2.84. The molecule has 0 saturated carbocycles. The zero-order chi connectivity index (χ0) is 14.5. The van der Waals surface area contributed by atoms with Gasteiger partial charge in [-0.1, -0.05) is 52.5 Å². The number of allylic oxidation sites excluding steroid dienone is 4. The maximum Gasteiger partial charge on any atom is 0.164 e. The summed E-state index contributed by atoms with van der Waals surface area (Å²) in [5, 5.41) is 0. The third-order valence-corrected chi connectivity index (χ3v) is 3.54. The molecule has 0 aromatic carbocycles. The number of ketones is 1. The summed E-state index contributed by atoms with van der Waals surface area (Å²) in [5.41, 5.74) is 0.958. The van der Waals surface area contributed by atoms with Gasteiger partial charge in [0.2, 0.25) is 0 Å². The van der Waals surface area contributed by atoms with Crippen LogP contribution in [-0.2, 0) is 4.79 Å². The molecule has 0 atom stereocenters. The summed E-state index contributed by atoms with van der Waals surface area (Å²) < 4.78 is 0. The summed E-state index contributed by atoms with van der Waals surface area (Å²) in [6.45, 7) is 14.4. The molecule has 0 aromatic heterocycles. The van der Waals surface area contributed by atoms with Gasteiger partial charge < -0.3 is 4.90 Å². The van der Waals surface area contributed by atoms with E-state index in [0.29, 0.717) is 12.3 Å². The molecule has 1 aliphatic heterocycles. The van der Waals surface area contributed by atoms with Gasteiger partial charge >= 0.3 is 0 Å². The topological polar surface area (TPSA) is 20.3 Å². The minimum Gasteiger partial charge on any atom is -0.377 e. The smallest absolute Gasteiger partial charge is 0.164 e. The molecule has 19 heavy (non-hydrogen) atoms. The fourth-order valence-corrected chi connectivity index (χ4v) is 2.42. The standard InChI is InChI=1S/C17H27NO/c1-6-7-8-9-16(19)15-13-18(12-14(2)3)11-10-17(15,4)5/h6-8,13-14H,1,9-12H2,2-5H3. The second kappa shape index (κ2) is 6.74. The lowest BCUT2D eigenvalue weighted by atomic mass is 9.76. The summed E-state index contributed by atoms with van der Waals surface area (Å²) in [6.07, 6.45) is 9.03. The summed E-state index contributed by atoms with van der Waals surface area (Å²) in [5.74, 6) is 0.853. The minimum absolute atomic E-state index is 0.00736. The fraction of sp³-hybridized carbons (Fsp3) is 0.588. The van der Waals surface area contributed by atoms with E-state index in [2.05, 4.69) is 45.4 Å². The molecular formula is C17H27NO. The van der Waals surface area contributed by atoms with Crippen LogP contribution in [0.2, 0.25) is 0 Å². The molecule has 0 aliphatic carbocycles. The third kappa shape index (κ3) is 4.70. The number of rotatable bonds is 6. The van der Waals surface area contributed by atoms with Gasteiger partial charge in [0.25, 0.3) is 0 Å². The van der Waals surface area contributed by atoms with Crippen LogP contribution in [-0.4, -0.2) is 23.8 Å². The predicted octanol–water partition coefficient (Wildman–Crippen LogP) is 3.96. The van der Waals surface area contributed by atoms with E-state index in [1.807, 2.05) is 12.2 Å². The van der Waals surface area contributed by atoms with Crippen molar-refractivity contribution >= 4 is 5.78 Å². The normalized spacial score (nSPS) is 18.8. The zero-order valence-corrected chi connectivity index (χ0v) is 12.8. The van der Waals surface area contributed by atoms with Gasteiger partial charge in [-0.25, -0.2) is 0 Å². The van der Waals surface area contributed by atoms with Crippen LogP contribution < -0.4 is 0 Å². The van der Waals surface area contributed by atoms with Crippen molar-refractivity contribution in [1.29, 1.82) is 0 Å². The van der Waals surface area contributed by atoms with E-state index < -0.39 is 0 Å². The molecule has 1 aliphatic rings. The molecular weight excluding hydrogens is 234 g/mol. The molecule has 2 nitrogen and oxygen atoms in total. The molecule has 0 N–H and O–H groups in total. The number of Topliss-reactive ketones (excluding diaryl/α,β-unsaturated/α-hetero) is 1. The number of hydrogen-bond acceptors (Lipinski definition) is 2. The molecule has 1 heterocycles. The van der Waals surface area contributed by atoms with Crippen molar-refractivity contribution in [3.05, 3.63) is 36.6 Å². The molecule has 0 saturated heterocycles. The molecule has 0 aromatic rings. The predicted molar refractivity (Wildman–Crippen MR) is 81.9 cm³/mol. The summed E-state index contributed by atoms with van der Waals surface area (Å²) >= 11 is 0. The minimum atomic E-state index is -0.00736. The lowest BCUT2D eigenvalue weighted by Crippen LogP contribution is -2.36. The Morgan fingerprint density at radius 2 is 2.21 bits per heavy atom. The van der Waals surface area contributed by atoms with Crippen LogP contribution in [0.5, 0.6) is 0 Å². The Kier molecular flexibility index (Phi) is 5.59. The molecule has 0 bridgehead atoms. The van der Waals surface area contributed by atoms with E-state index in [0.717, 1.165) is 25.1 Å². The van der Waals surface area contributed by atoms with E-state index in [1.165, 1.54) is 0 Å². The van der Waals surface area contributed by atoms with Crippen LogP contribution in [0.1, 0.15) is 40.5 Å². The highest BCUT2D eigenvalue weighted by Crippen LogP contribution is 2.35. The van der Waals surface area contributed by atoms with E-state index in [4.69, 9.17) is 0 Å². The number of hydrogen-bond donors (Lipinski definition) is 0. The summed E-state index contributed by atoms with van der Waals surface area (Å²) in [4.78, 5) is 14.6. The molecule has 0 unspecified atom stereocenters. The van der Waals surface area contributed by atoms with Crippen LogP contribution in [0.25, 0.3) is 0 Å². The first-order chi connectivity index (χ1) is 8.86. The summed E-state index contributed by atoms with van der Waals surface area (Å²) in [7, 11) is 0. The lowest BCUT2D eigenvalue weighted by molar-refractivity contribution is -0.116. The quantitative estimate of drug-likeness (QED) is 0.675. The lowest BCUT2D eigenvalue weighted by Gasteiger charge is -2.37. The number of carbonyl (C=O) groups is 1. The van der Waals surface area contributed by atoms with Crippen LogP contribution in [0.15, 0.2) is 36.6 Å². The Morgan fingerprint density at radius 3 is 2.79 bits per heavy atom. The fourth-order valence-electron chi connectivity index (χ4n) is 2.42. The van der Waals surface area contributed by atoms with Crippen molar-refractivity contribution in [2.24, 2.45) is 11.3 Å². The molecule has 0 spiro atoms. The van der Waals surface area contributed by atoms with Gasteiger partial charge in [0, 0.05) is 31.3 Å². The van der Waals surface area contributed by atoms with Crippen LogP contribution >= 0.6 is 0 Å². The van der Waals surface area contributed by atoms with Gasteiger partial charge in [0.1, 0.15) is 0 Å². The van der Waals surface area contributed by atoms with E-state index in [1.54, 1.807) is 6.08 Å². The average molecular weight is 261 g/mol. The van der Waals surface area contributed by atoms with Crippen LogP contribution in [0.3, 0.4) is 0 Å². The van der Waals surface area contributed by atoms with Gasteiger partial charge in [-0.2, -0.15) is 0 Å². The van der Waals surface area contributed by atoms with Gasteiger partial charge in [-0.05, 0) is 17.8 Å². The SMILES string of the molecule is C=CC=CCC(=O)C1=CN(CC(C)C)CCC1(C)C. The molecule has 1 rings (SSSR count). The average Bonchev–Trinajstić information content (AvgIpc) is 2.31. The van der Waals surface area contributed by atoms with Gasteiger partial charge in [-0.3, -0.25) is 4.79 Å². The summed E-state index contributed by atoms with van der Waals surface area (Å²) in [6, 6.07) is 0. The second-order valence-electron chi connectivity index (χ2n) is 6.36. The molecule has 0 radical (unpaired) electrons. The van der Waals surface area contributed by atoms with Gasteiger partial charge in [0.15, 0.2) is 5.78 Å². The Labute approximate surface area is 117 Å². The highest BCUT2D eigenvalue weighted by molar-refractivity contribution is 5.97. The number of carbonyl (C=O) groups excluding carboxylic acids is 1. The van der Waals surface area contributed by atoms with Crippen molar-refractivity contribution in [3.8, 4) is 0 Å². The van der Waals surface area contributed by atoms with Crippen molar-refractivity contribution in [3.63, 3.8) is 0 Å². The van der Waals surface area contributed by atoms with E-state index >= 15 is 0 Å². The molecule has 2 heteroatoms. The Morgan fingerprint density at radius 1 is 1.53 bits per heavy atom. The monoisotopic (exact) mass is 261 g/mol. The van der Waals surface area contributed by atoms with Crippen molar-refractivity contribution in [2.45, 2.75) is 40.5 Å². The largest absolute Gasteiger partial charge is 0.377 e. The molecule has 0 amide bonds. The first kappa shape index (κ1) is 15.7. The Hall–Kier alpha value is -1.31. The molecule has 0 fully saturated rings. The van der Waals surface area contributed by atoms with E-state index in [-0.39, 0.29) is 11.2 Å². The maximum atomic E-state index is 12.3. The third-order valence-electron chi connectivity index (χ3n) is 3.54. The zero-order valence-electron chi connectivity index (χ0n) is 12.8. The van der Waals surface area contributed by atoms with Crippen LogP contribution in [0, 0.1) is 11.3 Å². The first-order valence-corrected chi connectivity index (χ1v) is 7.14. The van der Waals surface area contributed by atoms with Gasteiger partial charge in [-0.15, -0.1) is 0 Å². The van der Waals surface area contributed by atoms with Crippen molar-refractivity contribution in [1.82, 2.24) is 4.90 Å². The maximum absolute atomic E-state index is 12.3. The molecule has 106 valence electrons. The van der Waals surface area contributed by atoms with Crippen LogP contribution in [0.4, 0.5) is 0 Å². The highest BCUT2D eigenvalue weighted by atomic mass is 16.1. The second-order valence-corrected chi connectivity index (χ2v) is 6.36. The first-order valence-electron chi connectivity index (χ1n) is 7.14.